The summed E-state index contributed by atoms with van der Waals surface area (Å²) >= 11 is 0. The molecule has 0 aliphatic heterocycles. The molecule has 0 radical (unpaired) electrons. The van der Waals surface area contributed by atoms with Gasteiger partial charge in [0.05, 0.1) is 29.4 Å². The minimum Gasteiger partial charge on any atom is -0.465 e. The van der Waals surface area contributed by atoms with E-state index in [1.165, 1.54) is 0 Å². The van der Waals surface area contributed by atoms with Gasteiger partial charge in [-0.2, -0.15) is 0 Å². The predicted octanol–water partition coefficient (Wildman–Crippen LogP) is 1.10. The smallest absolute Gasteiger partial charge is 0.340 e. The molecule has 15 heavy (non-hydrogen) atoms. The molecule has 1 rings (SSSR count). The number of nitrogens with two attached hydrogens (primary N) is 1. The van der Waals surface area contributed by atoms with E-state index in [-0.39, 0.29) is 5.56 Å². The number of hydrogen-bond acceptors (Lipinski definition) is 5. The van der Waals surface area contributed by atoms with Gasteiger partial charge in [-0.15, -0.1) is 0 Å². The zero-order chi connectivity index (χ0) is 11.6. The van der Waals surface area contributed by atoms with Gasteiger partial charge < -0.3 is 10.5 Å². The van der Waals surface area contributed by atoms with Crippen LogP contribution in [0.3, 0.4) is 0 Å². The molecule has 0 atom stereocenters. The summed E-state index contributed by atoms with van der Waals surface area (Å²) in [7, 11) is 1.07. The highest BCUT2D eigenvalue weighted by Gasteiger charge is 2.19. The average molecular weight is 214 g/mol. The minimum atomic E-state index is -1.02. The number of benzene rings is 1. The summed E-state index contributed by atoms with van der Waals surface area (Å²) in [6, 6.07) is 1.51. The molecule has 1 aromatic carbocycles. The first-order valence-corrected chi connectivity index (χ1v) is 3.79. The number of hydrogen-bond donors (Lipinski definition) is 1. The van der Waals surface area contributed by atoms with Crippen molar-refractivity contribution in [1.82, 2.24) is 0 Å². The first-order chi connectivity index (χ1) is 6.97. The fourth-order valence-corrected chi connectivity index (χ4v) is 0.988. The summed E-state index contributed by atoms with van der Waals surface area (Å²) in [5.41, 5.74) is 3.85. The molecule has 0 aromatic heterocycles. The fourth-order valence-electron chi connectivity index (χ4n) is 0.988. The molecule has 0 fully saturated rings. The Morgan fingerprint density at radius 1 is 1.60 bits per heavy atom. The van der Waals surface area contributed by atoms with Crippen LogP contribution in [0.25, 0.3) is 0 Å². The van der Waals surface area contributed by atoms with Crippen molar-refractivity contribution in [2.24, 2.45) is 0 Å². The van der Waals surface area contributed by atoms with Crippen molar-refractivity contribution >= 4 is 17.3 Å². The van der Waals surface area contributed by atoms with E-state index in [0.717, 1.165) is 13.2 Å². The average Bonchev–Trinajstić information content (AvgIpc) is 2.20. The lowest BCUT2D eigenvalue weighted by molar-refractivity contribution is -0.385. The van der Waals surface area contributed by atoms with Gasteiger partial charge in [0, 0.05) is 6.07 Å². The summed E-state index contributed by atoms with van der Waals surface area (Å²) in [4.78, 5) is 20.6. The number of methoxy groups -OCH3 is 1. The summed E-state index contributed by atoms with van der Waals surface area (Å²) < 4.78 is 17.4. The zero-order valence-electron chi connectivity index (χ0n) is 7.69. The maximum Gasteiger partial charge on any atom is 0.340 e. The maximum atomic E-state index is 13.1. The number of nitro groups is 1. The van der Waals surface area contributed by atoms with Gasteiger partial charge in [0.15, 0.2) is 5.82 Å². The topological polar surface area (TPSA) is 95.5 Å². The highest BCUT2D eigenvalue weighted by molar-refractivity contribution is 5.95. The minimum absolute atomic E-state index is 0.357. The first kappa shape index (κ1) is 10.9. The molecule has 0 unspecified atom stereocenters. The van der Waals surface area contributed by atoms with E-state index in [1.54, 1.807) is 0 Å². The molecule has 0 aliphatic rings. The summed E-state index contributed by atoms with van der Waals surface area (Å²) in [5, 5.41) is 10.4. The van der Waals surface area contributed by atoms with Crippen LogP contribution in [0.5, 0.6) is 0 Å². The van der Waals surface area contributed by atoms with E-state index in [1.807, 2.05) is 0 Å². The van der Waals surface area contributed by atoms with Crippen LogP contribution in [0, 0.1) is 15.9 Å². The normalized spacial score (nSPS) is 9.73. The van der Waals surface area contributed by atoms with Crippen LogP contribution in [0.2, 0.25) is 0 Å². The number of nitro benzene ring substituents is 1. The van der Waals surface area contributed by atoms with E-state index in [9.17, 15) is 19.3 Å². The van der Waals surface area contributed by atoms with Crippen LogP contribution in [-0.2, 0) is 4.74 Å². The van der Waals surface area contributed by atoms with Gasteiger partial charge in [0.25, 0.3) is 5.69 Å². The van der Waals surface area contributed by atoms with Crippen molar-refractivity contribution in [2.45, 2.75) is 0 Å². The van der Waals surface area contributed by atoms with E-state index in [0.29, 0.717) is 6.07 Å². The number of carbonyl (C=O) groups is 1. The second kappa shape index (κ2) is 3.91. The molecule has 7 heteroatoms. The number of nitrogens with zero attached hydrogens (tertiary/aromatic N) is 1. The van der Waals surface area contributed by atoms with Gasteiger partial charge in [-0.05, 0) is 0 Å². The Balaban J connectivity index is 3.37. The van der Waals surface area contributed by atoms with Crippen LogP contribution in [0.4, 0.5) is 15.8 Å². The molecule has 0 spiro atoms. The molecule has 0 saturated carbocycles. The van der Waals surface area contributed by atoms with E-state index in [2.05, 4.69) is 4.74 Å². The highest BCUT2D eigenvalue weighted by Crippen LogP contribution is 2.23. The molecule has 1 aromatic rings. The molecule has 0 heterocycles. The van der Waals surface area contributed by atoms with Crippen LogP contribution in [0.1, 0.15) is 10.4 Å². The summed E-state index contributed by atoms with van der Waals surface area (Å²) in [5.74, 6) is -1.94. The van der Waals surface area contributed by atoms with Crippen molar-refractivity contribution < 1.29 is 18.8 Å². The largest absolute Gasteiger partial charge is 0.465 e. The molecule has 2 N–H and O–H groups in total. The highest BCUT2D eigenvalue weighted by atomic mass is 19.1. The number of ether oxygens (including phenoxy) is 1. The van der Waals surface area contributed by atoms with Crippen molar-refractivity contribution in [2.75, 3.05) is 12.8 Å². The van der Waals surface area contributed by atoms with Crippen molar-refractivity contribution in [3.8, 4) is 0 Å². The van der Waals surface area contributed by atoms with Gasteiger partial charge in [-0.3, -0.25) is 10.1 Å². The Bertz CT molecular complexity index is 433. The van der Waals surface area contributed by atoms with Crippen LogP contribution < -0.4 is 5.73 Å². The number of non-ortho nitro benzene ring substituents is 1. The third-order valence-corrected chi connectivity index (χ3v) is 1.73. The Kier molecular flexibility index (Phi) is 2.84. The standard InChI is InChI=1S/C8H7FN2O4/c1-15-8(12)5-2-4(11(13)14)3-6(9)7(5)10/h2-3H,10H2,1H3. The Hall–Kier alpha value is -2.18. The summed E-state index contributed by atoms with van der Waals surface area (Å²) in [6.45, 7) is 0. The monoisotopic (exact) mass is 214 g/mol. The third kappa shape index (κ3) is 2.01. The Morgan fingerprint density at radius 2 is 2.20 bits per heavy atom. The molecular weight excluding hydrogens is 207 g/mol. The first-order valence-electron chi connectivity index (χ1n) is 3.79. The molecule has 80 valence electrons. The van der Waals surface area contributed by atoms with Gasteiger partial charge in [0.1, 0.15) is 0 Å². The lowest BCUT2D eigenvalue weighted by Gasteiger charge is -2.04. The number of anilines is 1. The number of halogens is 1. The summed E-state index contributed by atoms with van der Waals surface area (Å²) in [6.07, 6.45) is 0. The van der Waals surface area contributed by atoms with E-state index in [4.69, 9.17) is 5.73 Å². The van der Waals surface area contributed by atoms with E-state index < -0.39 is 28.1 Å². The van der Waals surface area contributed by atoms with Gasteiger partial charge in [-0.25, -0.2) is 9.18 Å². The number of rotatable bonds is 2. The number of nitrogen functional groups attached to an aromatic ring is 1. The Morgan fingerprint density at radius 3 is 2.67 bits per heavy atom. The van der Waals surface area contributed by atoms with Crippen molar-refractivity contribution in [3.63, 3.8) is 0 Å². The van der Waals surface area contributed by atoms with Gasteiger partial charge >= 0.3 is 5.97 Å². The maximum absolute atomic E-state index is 13.1. The second-order valence-electron chi connectivity index (χ2n) is 2.64. The molecule has 0 bridgehead atoms. The fraction of sp³-hybridized carbons (Fsp3) is 0.125. The number of carbonyl (C=O) groups excluding carboxylic acids is 1. The molecule has 6 nitrogen and oxygen atoms in total. The lowest BCUT2D eigenvalue weighted by atomic mass is 10.1. The zero-order valence-corrected chi connectivity index (χ0v) is 7.69. The molecular formula is C8H7FN2O4. The van der Waals surface area contributed by atoms with Gasteiger partial charge in [0.2, 0.25) is 0 Å². The van der Waals surface area contributed by atoms with Crippen molar-refractivity contribution in [3.05, 3.63) is 33.6 Å². The Labute approximate surface area is 83.6 Å². The quantitative estimate of drug-likeness (QED) is 0.344. The van der Waals surface area contributed by atoms with E-state index >= 15 is 0 Å². The third-order valence-electron chi connectivity index (χ3n) is 1.73. The molecule has 0 saturated heterocycles. The van der Waals surface area contributed by atoms with Crippen LogP contribution in [0.15, 0.2) is 12.1 Å². The molecule has 0 amide bonds. The number of esters is 1. The van der Waals surface area contributed by atoms with Crippen LogP contribution >= 0.6 is 0 Å². The van der Waals surface area contributed by atoms with Crippen LogP contribution in [-0.4, -0.2) is 18.0 Å². The molecule has 0 aliphatic carbocycles. The van der Waals surface area contributed by atoms with Gasteiger partial charge in [-0.1, -0.05) is 0 Å². The van der Waals surface area contributed by atoms with Crippen molar-refractivity contribution in [1.29, 1.82) is 0 Å². The predicted molar refractivity (Wildman–Crippen MR) is 48.8 cm³/mol. The second-order valence-corrected chi connectivity index (χ2v) is 2.64. The SMILES string of the molecule is COC(=O)c1cc([N+](=O)[O-])cc(F)c1N. The lowest BCUT2D eigenvalue weighted by Crippen LogP contribution is -2.08.